The van der Waals surface area contributed by atoms with Crippen LogP contribution < -0.4 is 0 Å². The van der Waals surface area contributed by atoms with E-state index in [1.165, 1.54) is 0 Å². The first-order chi connectivity index (χ1) is 2.00. The predicted octanol–water partition coefficient (Wildman–Crippen LogP) is -5.88. The van der Waals surface area contributed by atoms with Gasteiger partial charge in [-0.25, -0.2) is 4.57 Å². The number of hydrogen-bond donors (Lipinski definition) is 3. The summed E-state index contributed by atoms with van der Waals surface area (Å²) < 4.78 is 8.88. The summed E-state index contributed by atoms with van der Waals surface area (Å²) in [5, 5.41) is 0. The zero-order chi connectivity index (χ0) is 4.50. The van der Waals surface area contributed by atoms with Crippen molar-refractivity contribution >= 4 is 7.82 Å². The summed E-state index contributed by atoms with van der Waals surface area (Å²) in [5.74, 6) is 0. The molecule has 0 saturated heterocycles. The van der Waals surface area contributed by atoms with Crippen LogP contribution in [0.25, 0.3) is 0 Å². The van der Waals surface area contributed by atoms with E-state index >= 15 is 0 Å². The van der Waals surface area contributed by atoms with Gasteiger partial charge in [0.25, 0.3) is 0 Å². The molecular weight excluding hydrogens is 256 g/mol. The van der Waals surface area contributed by atoms with Crippen LogP contribution in [0.15, 0.2) is 0 Å². The molecule has 0 bridgehead atoms. The fourth-order valence-electron chi connectivity index (χ4n) is 0. The molecule has 0 heterocycles. The van der Waals surface area contributed by atoms with Crippen LogP contribution in [0.3, 0.4) is 0 Å². The molecule has 0 amide bonds. The SMILES string of the molecule is O.O.O.O.O.O.O=P(O)(O)O.[Zn]. The van der Waals surface area contributed by atoms with Crippen LogP contribution in [0.4, 0.5) is 0 Å². The Hall–Kier alpha value is 0.493. The number of rotatable bonds is 0. The molecule has 12 heavy (non-hydrogen) atoms. The van der Waals surface area contributed by atoms with Gasteiger partial charge in [-0.3, -0.25) is 0 Å². The first kappa shape index (κ1) is 81.7. The van der Waals surface area contributed by atoms with Crippen LogP contribution in [-0.2, 0) is 24.0 Å². The van der Waals surface area contributed by atoms with Gasteiger partial charge in [0, 0.05) is 19.5 Å². The second-order valence-corrected chi connectivity index (χ2v) is 1.54. The third-order valence-corrected chi connectivity index (χ3v) is 0. The minimum atomic E-state index is -4.64. The van der Waals surface area contributed by atoms with E-state index in [0.717, 1.165) is 0 Å². The van der Waals surface area contributed by atoms with E-state index in [1.54, 1.807) is 0 Å². The standard InChI is InChI=1S/H3O4P.6H2O.Zn/c1-5(2,3)4;;;;;;;/h(H3,1,2,3,4);6*1H2;. The van der Waals surface area contributed by atoms with E-state index in [4.69, 9.17) is 19.2 Å². The number of phosphoric acid groups is 1. The van der Waals surface area contributed by atoms with Crippen molar-refractivity contribution in [2.75, 3.05) is 0 Å². The quantitative estimate of drug-likeness (QED) is 0.286. The van der Waals surface area contributed by atoms with Gasteiger partial charge in [0.15, 0.2) is 0 Å². The molecule has 15 N–H and O–H groups in total. The second kappa shape index (κ2) is 30.0. The van der Waals surface area contributed by atoms with Crippen molar-refractivity contribution in [3.05, 3.63) is 0 Å². The maximum absolute atomic E-state index is 8.88. The fourth-order valence-corrected chi connectivity index (χ4v) is 0. The zero-order valence-electron chi connectivity index (χ0n) is 5.90. The molecule has 0 atom stereocenters. The van der Waals surface area contributed by atoms with Gasteiger partial charge in [0.1, 0.15) is 0 Å². The van der Waals surface area contributed by atoms with Crippen molar-refractivity contribution in [2.24, 2.45) is 0 Å². The minimum absolute atomic E-state index is 0. The molecule has 0 aliphatic carbocycles. The maximum Gasteiger partial charge on any atom is 0.466 e. The van der Waals surface area contributed by atoms with E-state index in [2.05, 4.69) is 0 Å². The Morgan fingerprint density at radius 1 is 0.667 bits per heavy atom. The molecule has 0 spiro atoms. The van der Waals surface area contributed by atoms with Gasteiger partial charge in [-0.15, -0.1) is 0 Å². The molecule has 0 aromatic rings. The van der Waals surface area contributed by atoms with Crippen LogP contribution in [0, 0.1) is 0 Å². The summed E-state index contributed by atoms with van der Waals surface area (Å²) in [4.78, 5) is 21.6. The molecule has 0 fully saturated rings. The summed E-state index contributed by atoms with van der Waals surface area (Å²) in [5.41, 5.74) is 0. The zero-order valence-corrected chi connectivity index (χ0v) is 9.77. The Kier molecular flexibility index (Phi) is 204. The summed E-state index contributed by atoms with van der Waals surface area (Å²) in [6, 6.07) is 0. The van der Waals surface area contributed by atoms with Crippen LogP contribution in [-0.4, -0.2) is 47.5 Å². The maximum atomic E-state index is 8.88. The van der Waals surface area contributed by atoms with Crippen LogP contribution in [0.2, 0.25) is 0 Å². The Morgan fingerprint density at radius 2 is 0.667 bits per heavy atom. The predicted molar refractivity (Wildman–Crippen MR) is 35.9 cm³/mol. The molecule has 0 rings (SSSR count). The van der Waals surface area contributed by atoms with Gasteiger partial charge in [-0.1, -0.05) is 0 Å². The van der Waals surface area contributed by atoms with Gasteiger partial charge in [0.05, 0.1) is 0 Å². The summed E-state index contributed by atoms with van der Waals surface area (Å²) in [7, 11) is -4.64. The van der Waals surface area contributed by atoms with E-state index < -0.39 is 7.82 Å². The summed E-state index contributed by atoms with van der Waals surface area (Å²) in [6.45, 7) is 0. The minimum Gasteiger partial charge on any atom is -0.412 e. The monoisotopic (exact) mass is 270 g/mol. The van der Waals surface area contributed by atoms with Crippen LogP contribution in [0.1, 0.15) is 0 Å². The van der Waals surface area contributed by atoms with Crippen molar-refractivity contribution in [1.82, 2.24) is 0 Å². The molecule has 0 aliphatic heterocycles. The van der Waals surface area contributed by atoms with Crippen LogP contribution in [0.5, 0.6) is 0 Å². The molecule has 82 valence electrons. The van der Waals surface area contributed by atoms with E-state index in [9.17, 15) is 0 Å². The van der Waals surface area contributed by atoms with E-state index in [0.29, 0.717) is 0 Å². The largest absolute Gasteiger partial charge is 0.466 e. The van der Waals surface area contributed by atoms with Gasteiger partial charge in [0.2, 0.25) is 0 Å². The third kappa shape index (κ3) is 3890. The Morgan fingerprint density at radius 3 is 0.667 bits per heavy atom. The van der Waals surface area contributed by atoms with E-state index in [1.807, 2.05) is 0 Å². The van der Waals surface area contributed by atoms with Crippen molar-refractivity contribution in [2.45, 2.75) is 0 Å². The van der Waals surface area contributed by atoms with E-state index in [-0.39, 0.29) is 52.3 Å². The second-order valence-electron chi connectivity index (χ2n) is 0.513. The number of hydrogen-bond acceptors (Lipinski definition) is 1. The molecule has 0 unspecified atom stereocenters. The molecule has 0 aromatic carbocycles. The van der Waals surface area contributed by atoms with Crippen LogP contribution >= 0.6 is 7.82 Å². The average Bonchev–Trinajstić information content (AvgIpc) is 0.722. The summed E-state index contributed by atoms with van der Waals surface area (Å²) >= 11 is 0. The Balaban J connectivity index is -0.00000000381. The summed E-state index contributed by atoms with van der Waals surface area (Å²) in [6.07, 6.45) is 0. The van der Waals surface area contributed by atoms with Crippen molar-refractivity contribution < 1.29 is 71.6 Å². The Labute approximate surface area is 80.1 Å². The van der Waals surface area contributed by atoms with Gasteiger partial charge >= 0.3 is 7.82 Å². The van der Waals surface area contributed by atoms with Crippen molar-refractivity contribution in [3.8, 4) is 0 Å². The average molecular weight is 271 g/mol. The van der Waals surface area contributed by atoms with Crippen molar-refractivity contribution in [3.63, 3.8) is 0 Å². The Bertz CT molecular complexity index is 56.0. The molecular formula is H15O10PZn. The smallest absolute Gasteiger partial charge is 0.412 e. The van der Waals surface area contributed by atoms with Gasteiger partial charge < -0.3 is 47.5 Å². The molecule has 12 heteroatoms. The molecule has 0 radical (unpaired) electrons. The fraction of sp³-hybridized carbons (Fsp3) is 0. The first-order valence-electron chi connectivity index (χ1n) is 0.783. The molecule has 0 aliphatic rings. The molecule has 0 saturated carbocycles. The first-order valence-corrected chi connectivity index (χ1v) is 2.35. The van der Waals surface area contributed by atoms with Crippen molar-refractivity contribution in [1.29, 1.82) is 0 Å². The molecule has 0 aromatic heterocycles. The molecule has 10 nitrogen and oxygen atoms in total. The van der Waals surface area contributed by atoms with Gasteiger partial charge in [-0.05, 0) is 0 Å². The third-order valence-electron chi connectivity index (χ3n) is 0. The van der Waals surface area contributed by atoms with Gasteiger partial charge in [-0.2, -0.15) is 0 Å². The topological polar surface area (TPSA) is 267 Å². The normalized spacial score (nSPS) is 4.92.